The van der Waals surface area contributed by atoms with Crippen LogP contribution in [-0.2, 0) is 4.74 Å². The number of carbonyl (C=O) groups is 1. The van der Waals surface area contributed by atoms with Gasteiger partial charge in [-0.25, -0.2) is 14.8 Å². The Hall–Kier alpha value is -2.43. The van der Waals surface area contributed by atoms with Crippen molar-refractivity contribution in [3.63, 3.8) is 0 Å². The van der Waals surface area contributed by atoms with E-state index in [0.717, 1.165) is 17.7 Å². The molecule has 0 saturated heterocycles. The van der Waals surface area contributed by atoms with Gasteiger partial charge in [-0.3, -0.25) is 0 Å². The van der Waals surface area contributed by atoms with E-state index in [0.29, 0.717) is 11.8 Å². The zero-order valence-electron chi connectivity index (χ0n) is 12.4. The summed E-state index contributed by atoms with van der Waals surface area (Å²) in [6, 6.07) is 7.84. The molecule has 2 rings (SSSR count). The largest absolute Gasteiger partial charge is 0.464 e. The van der Waals surface area contributed by atoms with Gasteiger partial charge in [-0.2, -0.15) is 0 Å². The molecule has 0 radical (unpaired) electrons. The minimum atomic E-state index is -0.519. The maximum Gasteiger partial charge on any atom is 0.358 e. The zero-order chi connectivity index (χ0) is 15.2. The highest BCUT2D eigenvalue weighted by molar-refractivity contribution is 5.86. The lowest BCUT2D eigenvalue weighted by molar-refractivity contribution is 0.0593. The molecule has 0 saturated carbocycles. The molecule has 0 bridgehead atoms. The number of aromatic nitrogens is 2. The highest BCUT2D eigenvalue weighted by Crippen LogP contribution is 2.30. The molecule has 0 fully saturated rings. The number of carbonyl (C=O) groups excluding carboxylic acids is 1. The highest BCUT2D eigenvalue weighted by atomic mass is 16.5. The van der Waals surface area contributed by atoms with E-state index in [2.05, 4.69) is 28.6 Å². The molecule has 2 aromatic rings. The van der Waals surface area contributed by atoms with Crippen molar-refractivity contribution in [1.82, 2.24) is 9.97 Å². The van der Waals surface area contributed by atoms with E-state index in [4.69, 9.17) is 4.74 Å². The summed E-state index contributed by atoms with van der Waals surface area (Å²) >= 11 is 0. The molecule has 0 N–H and O–H groups in total. The number of rotatable bonds is 5. The first-order chi connectivity index (χ1) is 10.2. The van der Waals surface area contributed by atoms with Gasteiger partial charge in [0.1, 0.15) is 5.75 Å². The maximum absolute atomic E-state index is 11.3. The van der Waals surface area contributed by atoms with Crippen LogP contribution in [0, 0.1) is 0 Å². The van der Waals surface area contributed by atoms with Gasteiger partial charge < -0.3 is 9.47 Å². The average Bonchev–Trinajstić information content (AvgIpc) is 2.54. The van der Waals surface area contributed by atoms with Crippen LogP contribution in [0.25, 0.3) is 0 Å². The molecule has 1 aromatic carbocycles. The number of para-hydroxylation sites is 1. The highest BCUT2D eigenvalue weighted by Gasteiger charge is 2.12. The normalized spacial score (nSPS) is 11.8. The van der Waals surface area contributed by atoms with E-state index in [1.165, 1.54) is 19.5 Å². The van der Waals surface area contributed by atoms with Gasteiger partial charge >= 0.3 is 5.97 Å². The monoisotopic (exact) mass is 286 g/mol. The van der Waals surface area contributed by atoms with Crippen LogP contribution in [0.3, 0.4) is 0 Å². The Balaban J connectivity index is 2.20. The third kappa shape index (κ3) is 3.56. The minimum absolute atomic E-state index is 0.153. The van der Waals surface area contributed by atoms with E-state index < -0.39 is 5.97 Å². The fourth-order valence-corrected chi connectivity index (χ4v) is 1.89. The quantitative estimate of drug-likeness (QED) is 0.786. The summed E-state index contributed by atoms with van der Waals surface area (Å²) in [5, 5.41) is 0. The number of methoxy groups -OCH3 is 1. The first kappa shape index (κ1) is 15.0. The first-order valence-electron chi connectivity index (χ1n) is 6.82. The molecule has 0 aliphatic carbocycles. The molecule has 0 spiro atoms. The lowest BCUT2D eigenvalue weighted by atomic mass is 9.98. The average molecular weight is 286 g/mol. The predicted octanol–water partition coefficient (Wildman–Crippen LogP) is 3.57. The van der Waals surface area contributed by atoms with E-state index in [1.54, 1.807) is 0 Å². The molecule has 5 heteroatoms. The molecule has 5 nitrogen and oxygen atoms in total. The zero-order valence-corrected chi connectivity index (χ0v) is 12.4. The standard InChI is InChI=1S/C16H18N2O3/c1-4-11(2)12-7-5-6-8-14(12)21-15-10-17-13(9-18-15)16(19)20-3/h5-11H,4H2,1-3H3. The minimum Gasteiger partial charge on any atom is -0.464 e. The Bertz CT molecular complexity index is 611. The van der Waals surface area contributed by atoms with Crippen LogP contribution in [0.15, 0.2) is 36.7 Å². The van der Waals surface area contributed by atoms with Gasteiger partial charge in [0.2, 0.25) is 5.88 Å². The smallest absolute Gasteiger partial charge is 0.358 e. The van der Waals surface area contributed by atoms with E-state index in [-0.39, 0.29) is 5.69 Å². The van der Waals surface area contributed by atoms with Gasteiger partial charge in [0.15, 0.2) is 5.69 Å². The van der Waals surface area contributed by atoms with Gasteiger partial charge in [-0.15, -0.1) is 0 Å². The molecule has 21 heavy (non-hydrogen) atoms. The van der Waals surface area contributed by atoms with Crippen LogP contribution in [0.2, 0.25) is 0 Å². The van der Waals surface area contributed by atoms with Crippen LogP contribution in [0.1, 0.15) is 42.2 Å². The molecule has 0 aliphatic rings. The van der Waals surface area contributed by atoms with Crippen LogP contribution >= 0.6 is 0 Å². The number of hydrogen-bond donors (Lipinski definition) is 0. The van der Waals surface area contributed by atoms with Crippen LogP contribution in [0.4, 0.5) is 0 Å². The number of benzene rings is 1. The Labute approximate surface area is 124 Å². The fraction of sp³-hybridized carbons (Fsp3) is 0.312. The molecule has 1 unspecified atom stereocenters. The summed E-state index contributed by atoms with van der Waals surface area (Å²) in [7, 11) is 1.30. The number of ether oxygens (including phenoxy) is 2. The van der Waals surface area contributed by atoms with E-state index >= 15 is 0 Å². The van der Waals surface area contributed by atoms with Gasteiger partial charge in [0.05, 0.1) is 19.5 Å². The number of hydrogen-bond acceptors (Lipinski definition) is 5. The maximum atomic E-state index is 11.3. The Kier molecular flexibility index (Phi) is 4.87. The van der Waals surface area contributed by atoms with Crippen molar-refractivity contribution in [2.24, 2.45) is 0 Å². The van der Waals surface area contributed by atoms with Gasteiger partial charge in [0.25, 0.3) is 0 Å². The third-order valence-electron chi connectivity index (χ3n) is 3.30. The van der Waals surface area contributed by atoms with Crippen LogP contribution in [-0.4, -0.2) is 23.0 Å². The van der Waals surface area contributed by atoms with Crippen LogP contribution < -0.4 is 4.74 Å². The van der Waals surface area contributed by atoms with Crippen molar-refractivity contribution >= 4 is 5.97 Å². The molecule has 1 heterocycles. The third-order valence-corrected chi connectivity index (χ3v) is 3.30. The van der Waals surface area contributed by atoms with E-state index in [9.17, 15) is 4.79 Å². The van der Waals surface area contributed by atoms with Crippen LogP contribution in [0.5, 0.6) is 11.6 Å². The summed E-state index contributed by atoms with van der Waals surface area (Å²) in [5.74, 6) is 0.975. The predicted molar refractivity (Wildman–Crippen MR) is 78.6 cm³/mol. The van der Waals surface area contributed by atoms with Crippen molar-refractivity contribution in [3.05, 3.63) is 47.9 Å². The summed E-state index contributed by atoms with van der Waals surface area (Å²) in [6.45, 7) is 4.28. The summed E-state index contributed by atoms with van der Waals surface area (Å²) in [4.78, 5) is 19.4. The molecule has 1 atom stereocenters. The Morgan fingerprint density at radius 1 is 1.24 bits per heavy atom. The van der Waals surface area contributed by atoms with Crippen molar-refractivity contribution in [3.8, 4) is 11.6 Å². The Morgan fingerprint density at radius 2 is 2.00 bits per heavy atom. The summed E-state index contributed by atoms with van der Waals surface area (Å²) in [5.41, 5.74) is 1.28. The molecule has 1 aromatic heterocycles. The molecule has 110 valence electrons. The van der Waals surface area contributed by atoms with Gasteiger partial charge in [-0.05, 0) is 24.0 Å². The lowest BCUT2D eigenvalue weighted by Gasteiger charge is -2.14. The summed E-state index contributed by atoms with van der Waals surface area (Å²) in [6.07, 6.45) is 3.78. The first-order valence-corrected chi connectivity index (χ1v) is 6.82. The molecule has 0 aliphatic heterocycles. The molecular weight excluding hydrogens is 268 g/mol. The summed E-state index contributed by atoms with van der Waals surface area (Å²) < 4.78 is 10.4. The van der Waals surface area contributed by atoms with E-state index in [1.807, 2.05) is 24.3 Å². The lowest BCUT2D eigenvalue weighted by Crippen LogP contribution is -2.05. The topological polar surface area (TPSA) is 61.3 Å². The van der Waals surface area contributed by atoms with Crippen molar-refractivity contribution in [2.45, 2.75) is 26.2 Å². The second kappa shape index (κ2) is 6.83. The van der Waals surface area contributed by atoms with Crippen molar-refractivity contribution < 1.29 is 14.3 Å². The number of esters is 1. The SMILES string of the molecule is CCC(C)c1ccccc1Oc1cnc(C(=O)OC)cn1. The second-order valence-corrected chi connectivity index (χ2v) is 4.68. The Morgan fingerprint density at radius 3 is 2.62 bits per heavy atom. The van der Waals surface area contributed by atoms with Crippen molar-refractivity contribution in [2.75, 3.05) is 7.11 Å². The van der Waals surface area contributed by atoms with Gasteiger partial charge in [0, 0.05) is 0 Å². The van der Waals surface area contributed by atoms with Crippen molar-refractivity contribution in [1.29, 1.82) is 0 Å². The number of nitrogens with zero attached hydrogens (tertiary/aromatic N) is 2. The molecular formula is C16H18N2O3. The van der Waals surface area contributed by atoms with Gasteiger partial charge in [-0.1, -0.05) is 32.0 Å². The fourth-order valence-electron chi connectivity index (χ4n) is 1.89. The second-order valence-electron chi connectivity index (χ2n) is 4.68. The molecule has 0 amide bonds.